The minimum Gasteiger partial charge on any atom is -0.330 e. The molecular weight excluding hydrogens is 207 g/mol. The first-order valence-corrected chi connectivity index (χ1v) is 4.80. The van der Waals surface area contributed by atoms with Crippen molar-refractivity contribution in [2.45, 2.75) is 32.0 Å². The first-order chi connectivity index (χ1) is 6.99. The van der Waals surface area contributed by atoms with Gasteiger partial charge in [-0.15, -0.1) is 0 Å². The lowest BCUT2D eigenvalue weighted by atomic mass is 10.1. The third kappa shape index (κ3) is 2.95. The van der Waals surface area contributed by atoms with E-state index in [1.165, 1.54) is 4.68 Å². The van der Waals surface area contributed by atoms with E-state index in [2.05, 4.69) is 5.10 Å². The molecule has 3 nitrogen and oxygen atoms in total. The van der Waals surface area contributed by atoms with Crippen molar-refractivity contribution in [2.75, 3.05) is 6.54 Å². The largest absolute Gasteiger partial charge is 0.419 e. The standard InChI is InChI=1S/C9H14F3N3/c1-2-8(3-4-13)15-6-7(5-14-15)9(10,11)12/h5-6,8H,2-4,13H2,1H3. The smallest absolute Gasteiger partial charge is 0.330 e. The van der Waals surface area contributed by atoms with Crippen molar-refractivity contribution in [3.05, 3.63) is 18.0 Å². The van der Waals surface area contributed by atoms with E-state index in [0.29, 0.717) is 13.0 Å². The van der Waals surface area contributed by atoms with E-state index in [1.807, 2.05) is 6.92 Å². The van der Waals surface area contributed by atoms with Crippen LogP contribution in [0.3, 0.4) is 0 Å². The molecule has 0 aliphatic rings. The van der Waals surface area contributed by atoms with Crippen LogP contribution in [0.2, 0.25) is 0 Å². The zero-order valence-electron chi connectivity index (χ0n) is 8.46. The van der Waals surface area contributed by atoms with Crippen LogP contribution in [0.5, 0.6) is 0 Å². The molecule has 0 saturated carbocycles. The fraction of sp³-hybridized carbons (Fsp3) is 0.667. The van der Waals surface area contributed by atoms with Gasteiger partial charge in [0.15, 0.2) is 0 Å². The van der Waals surface area contributed by atoms with E-state index in [-0.39, 0.29) is 6.04 Å². The maximum absolute atomic E-state index is 12.3. The summed E-state index contributed by atoms with van der Waals surface area (Å²) in [7, 11) is 0. The first kappa shape index (κ1) is 12.0. The van der Waals surface area contributed by atoms with Gasteiger partial charge in [0.2, 0.25) is 0 Å². The SMILES string of the molecule is CCC(CCN)n1cc(C(F)(F)F)cn1. The Kier molecular flexibility index (Phi) is 3.73. The van der Waals surface area contributed by atoms with Gasteiger partial charge in [0.25, 0.3) is 0 Å². The second-order valence-electron chi connectivity index (χ2n) is 3.35. The Morgan fingerprint density at radius 2 is 2.20 bits per heavy atom. The molecule has 6 heteroatoms. The molecule has 1 aromatic rings. The highest BCUT2D eigenvalue weighted by molar-refractivity contribution is 5.08. The number of alkyl halides is 3. The second-order valence-corrected chi connectivity index (χ2v) is 3.35. The van der Waals surface area contributed by atoms with Crippen LogP contribution >= 0.6 is 0 Å². The quantitative estimate of drug-likeness (QED) is 0.847. The number of hydrogen-bond acceptors (Lipinski definition) is 2. The summed E-state index contributed by atoms with van der Waals surface area (Å²) in [5, 5.41) is 3.71. The number of nitrogens with two attached hydrogens (primary N) is 1. The normalized spacial score (nSPS) is 14.2. The molecule has 0 fully saturated rings. The fourth-order valence-corrected chi connectivity index (χ4v) is 1.40. The van der Waals surface area contributed by atoms with Crippen LogP contribution in [-0.4, -0.2) is 16.3 Å². The zero-order valence-corrected chi connectivity index (χ0v) is 8.46. The van der Waals surface area contributed by atoms with Gasteiger partial charge < -0.3 is 5.73 Å². The summed E-state index contributed by atoms with van der Waals surface area (Å²) < 4.78 is 38.2. The molecule has 1 rings (SSSR count). The number of hydrogen-bond donors (Lipinski definition) is 1. The van der Waals surface area contributed by atoms with Crippen molar-refractivity contribution >= 4 is 0 Å². The summed E-state index contributed by atoms with van der Waals surface area (Å²) in [6.45, 7) is 2.34. The lowest BCUT2D eigenvalue weighted by molar-refractivity contribution is -0.137. The minimum absolute atomic E-state index is 0.0499. The number of nitrogens with zero attached hydrogens (tertiary/aromatic N) is 2. The summed E-state index contributed by atoms with van der Waals surface area (Å²) in [5.74, 6) is 0. The Labute approximate surface area is 86.1 Å². The van der Waals surface area contributed by atoms with Gasteiger partial charge in [-0.3, -0.25) is 4.68 Å². The predicted octanol–water partition coefficient (Wildman–Crippen LogP) is 2.20. The number of halogens is 3. The molecule has 0 aliphatic heterocycles. The van der Waals surface area contributed by atoms with Crippen LogP contribution in [0.25, 0.3) is 0 Å². The summed E-state index contributed by atoms with van der Waals surface area (Å²) in [5.41, 5.74) is 4.66. The molecular formula is C9H14F3N3. The molecule has 0 aliphatic carbocycles. The van der Waals surface area contributed by atoms with E-state index < -0.39 is 11.7 Å². The summed E-state index contributed by atoms with van der Waals surface area (Å²) in [4.78, 5) is 0. The first-order valence-electron chi connectivity index (χ1n) is 4.80. The molecule has 0 bridgehead atoms. The highest BCUT2D eigenvalue weighted by Crippen LogP contribution is 2.29. The van der Waals surface area contributed by atoms with Crippen molar-refractivity contribution in [2.24, 2.45) is 5.73 Å². The molecule has 2 N–H and O–H groups in total. The molecule has 0 saturated heterocycles. The van der Waals surface area contributed by atoms with Gasteiger partial charge >= 0.3 is 6.18 Å². The third-order valence-corrected chi connectivity index (χ3v) is 2.27. The van der Waals surface area contributed by atoms with Crippen molar-refractivity contribution in [1.29, 1.82) is 0 Å². The van der Waals surface area contributed by atoms with Gasteiger partial charge in [0.05, 0.1) is 17.8 Å². The van der Waals surface area contributed by atoms with Crippen LogP contribution in [-0.2, 0) is 6.18 Å². The molecule has 1 heterocycles. The zero-order chi connectivity index (χ0) is 11.5. The van der Waals surface area contributed by atoms with Crippen molar-refractivity contribution < 1.29 is 13.2 Å². The fourth-order valence-electron chi connectivity index (χ4n) is 1.40. The van der Waals surface area contributed by atoms with Crippen molar-refractivity contribution in [3.63, 3.8) is 0 Å². The van der Waals surface area contributed by atoms with Crippen molar-refractivity contribution in [1.82, 2.24) is 9.78 Å². The lowest BCUT2D eigenvalue weighted by Gasteiger charge is -2.13. The van der Waals surface area contributed by atoms with E-state index in [9.17, 15) is 13.2 Å². The predicted molar refractivity (Wildman–Crippen MR) is 50.2 cm³/mol. The van der Waals surface area contributed by atoms with Crippen LogP contribution in [0.1, 0.15) is 31.4 Å². The van der Waals surface area contributed by atoms with Gasteiger partial charge in [-0.2, -0.15) is 18.3 Å². The monoisotopic (exact) mass is 221 g/mol. The molecule has 1 unspecified atom stereocenters. The van der Waals surface area contributed by atoms with Gasteiger partial charge in [-0.25, -0.2) is 0 Å². The minimum atomic E-state index is -4.32. The van der Waals surface area contributed by atoms with Crippen LogP contribution in [0.4, 0.5) is 13.2 Å². The van der Waals surface area contributed by atoms with Crippen LogP contribution < -0.4 is 5.73 Å². The molecule has 0 amide bonds. The van der Waals surface area contributed by atoms with E-state index in [0.717, 1.165) is 18.8 Å². The molecule has 1 atom stereocenters. The Hall–Kier alpha value is -1.04. The maximum Gasteiger partial charge on any atom is 0.419 e. The molecule has 0 aromatic carbocycles. The third-order valence-electron chi connectivity index (χ3n) is 2.27. The van der Waals surface area contributed by atoms with Gasteiger partial charge in [0.1, 0.15) is 0 Å². The summed E-state index contributed by atoms with van der Waals surface area (Å²) in [6, 6.07) is -0.0499. The van der Waals surface area contributed by atoms with Crippen molar-refractivity contribution in [3.8, 4) is 0 Å². The molecule has 0 radical (unpaired) electrons. The molecule has 86 valence electrons. The highest BCUT2D eigenvalue weighted by atomic mass is 19.4. The van der Waals surface area contributed by atoms with Gasteiger partial charge in [-0.1, -0.05) is 6.92 Å². The topological polar surface area (TPSA) is 43.8 Å². The Balaban J connectivity index is 2.82. The molecule has 0 spiro atoms. The van der Waals surface area contributed by atoms with E-state index >= 15 is 0 Å². The van der Waals surface area contributed by atoms with E-state index in [1.54, 1.807) is 0 Å². The average Bonchev–Trinajstić information content (AvgIpc) is 2.62. The molecule has 15 heavy (non-hydrogen) atoms. The number of aromatic nitrogens is 2. The lowest BCUT2D eigenvalue weighted by Crippen LogP contribution is -2.14. The Morgan fingerprint density at radius 3 is 2.60 bits per heavy atom. The summed E-state index contributed by atoms with van der Waals surface area (Å²) in [6.07, 6.45) is -1.09. The molecule has 1 aromatic heterocycles. The Bertz CT molecular complexity index is 306. The number of rotatable bonds is 4. The van der Waals surface area contributed by atoms with E-state index in [4.69, 9.17) is 5.73 Å². The second kappa shape index (κ2) is 4.65. The maximum atomic E-state index is 12.3. The average molecular weight is 221 g/mol. The van der Waals surface area contributed by atoms with Crippen LogP contribution in [0.15, 0.2) is 12.4 Å². The highest BCUT2D eigenvalue weighted by Gasteiger charge is 2.32. The van der Waals surface area contributed by atoms with Crippen LogP contribution in [0, 0.1) is 0 Å². The van der Waals surface area contributed by atoms with Gasteiger partial charge in [0, 0.05) is 6.20 Å². The van der Waals surface area contributed by atoms with Gasteiger partial charge in [-0.05, 0) is 19.4 Å². The summed E-state index contributed by atoms with van der Waals surface area (Å²) >= 11 is 0. The Morgan fingerprint density at radius 1 is 1.53 bits per heavy atom.